The second-order valence-corrected chi connectivity index (χ2v) is 8.34. The summed E-state index contributed by atoms with van der Waals surface area (Å²) in [6, 6.07) is 10.9. The van der Waals surface area contributed by atoms with Crippen molar-refractivity contribution in [2.75, 3.05) is 13.2 Å². The highest BCUT2D eigenvalue weighted by Gasteiger charge is 2.36. The quantitative estimate of drug-likeness (QED) is 0.215. The minimum atomic E-state index is -0.575. The molecule has 9 nitrogen and oxygen atoms in total. The third kappa shape index (κ3) is 5.54. The largest absolute Gasteiger partial charge is 0.481 e. The Morgan fingerprint density at radius 1 is 1.25 bits per heavy atom. The zero-order chi connectivity index (χ0) is 23.3. The summed E-state index contributed by atoms with van der Waals surface area (Å²) in [6.45, 7) is 1.38. The van der Waals surface area contributed by atoms with Crippen molar-refractivity contribution >= 4 is 56.6 Å². The van der Waals surface area contributed by atoms with Crippen molar-refractivity contribution < 1.29 is 28.8 Å². The summed E-state index contributed by atoms with van der Waals surface area (Å²) in [6.07, 6.45) is 1.48. The van der Waals surface area contributed by atoms with Crippen LogP contribution < -0.4 is 4.74 Å². The number of thioether (sulfide) groups is 1. The van der Waals surface area contributed by atoms with Crippen molar-refractivity contribution in [1.29, 1.82) is 0 Å². The molecule has 0 bridgehead atoms. The van der Waals surface area contributed by atoms with Crippen LogP contribution in [0.15, 0.2) is 51.8 Å². The first kappa shape index (κ1) is 23.5. The van der Waals surface area contributed by atoms with E-state index in [0.717, 1.165) is 16.7 Å². The molecule has 0 spiro atoms. The average molecular weight is 521 g/mol. The summed E-state index contributed by atoms with van der Waals surface area (Å²) in [5.74, 6) is -0.785. The molecule has 11 heteroatoms. The van der Waals surface area contributed by atoms with Gasteiger partial charge in [-0.15, -0.1) is 0 Å². The lowest BCUT2D eigenvalue weighted by Gasteiger charge is -2.12. The molecule has 0 N–H and O–H groups in total. The van der Waals surface area contributed by atoms with Gasteiger partial charge in [0.1, 0.15) is 5.75 Å². The van der Waals surface area contributed by atoms with Crippen LogP contribution in [0.3, 0.4) is 0 Å². The Kier molecular flexibility index (Phi) is 7.65. The molecule has 1 fully saturated rings. The molecular weight excluding hydrogens is 504 g/mol. The molecule has 166 valence electrons. The minimum absolute atomic E-state index is 0.132. The van der Waals surface area contributed by atoms with Crippen molar-refractivity contribution in [3.8, 4) is 5.75 Å². The van der Waals surface area contributed by atoms with Gasteiger partial charge in [0, 0.05) is 21.7 Å². The Morgan fingerprint density at radius 3 is 2.72 bits per heavy atom. The third-order valence-electron chi connectivity index (χ3n) is 4.30. The summed E-state index contributed by atoms with van der Waals surface area (Å²) >= 11 is 4.07. The van der Waals surface area contributed by atoms with Gasteiger partial charge in [-0.05, 0) is 43.0 Å². The maximum Gasteiger partial charge on any atom is 0.344 e. The molecule has 2 aromatic rings. The van der Waals surface area contributed by atoms with Gasteiger partial charge < -0.3 is 9.47 Å². The van der Waals surface area contributed by atoms with E-state index in [9.17, 15) is 24.5 Å². The van der Waals surface area contributed by atoms with Crippen molar-refractivity contribution in [3.05, 3.63) is 73.1 Å². The van der Waals surface area contributed by atoms with Gasteiger partial charge >= 0.3 is 5.97 Å². The molecule has 0 aromatic heterocycles. The van der Waals surface area contributed by atoms with Gasteiger partial charge in [-0.25, -0.2) is 4.79 Å². The van der Waals surface area contributed by atoms with Crippen molar-refractivity contribution in [1.82, 2.24) is 4.90 Å². The number of benzene rings is 2. The van der Waals surface area contributed by atoms with Gasteiger partial charge in [-0.2, -0.15) is 0 Å². The first-order chi connectivity index (χ1) is 15.3. The summed E-state index contributed by atoms with van der Waals surface area (Å²) in [4.78, 5) is 48.7. The summed E-state index contributed by atoms with van der Waals surface area (Å²) < 4.78 is 11.1. The predicted molar refractivity (Wildman–Crippen MR) is 121 cm³/mol. The summed E-state index contributed by atoms with van der Waals surface area (Å²) in [5, 5.41) is 10.7. The smallest absolute Gasteiger partial charge is 0.344 e. The van der Waals surface area contributed by atoms with E-state index in [1.807, 2.05) is 0 Å². The second-order valence-electron chi connectivity index (χ2n) is 6.43. The van der Waals surface area contributed by atoms with E-state index in [4.69, 9.17) is 9.47 Å². The molecule has 2 amide bonds. The van der Waals surface area contributed by atoms with Gasteiger partial charge in [0.25, 0.3) is 16.8 Å². The molecule has 0 unspecified atom stereocenters. The van der Waals surface area contributed by atoms with Gasteiger partial charge in [-0.1, -0.05) is 34.1 Å². The van der Waals surface area contributed by atoms with E-state index in [1.165, 1.54) is 24.3 Å². The van der Waals surface area contributed by atoms with Crippen LogP contribution in [0.1, 0.15) is 18.1 Å². The molecule has 0 atom stereocenters. The van der Waals surface area contributed by atoms with E-state index >= 15 is 0 Å². The third-order valence-corrected chi connectivity index (χ3v) is 5.70. The Bertz CT molecular complexity index is 1120. The number of amides is 2. The number of nitrogens with zero attached hydrogens (tertiary/aromatic N) is 2. The van der Waals surface area contributed by atoms with Gasteiger partial charge in [0.05, 0.1) is 23.0 Å². The number of rotatable bonds is 8. The lowest BCUT2D eigenvalue weighted by Crippen LogP contribution is -2.27. The highest BCUT2D eigenvalue weighted by Crippen LogP contribution is 2.36. The minimum Gasteiger partial charge on any atom is -0.481 e. The lowest BCUT2D eigenvalue weighted by molar-refractivity contribution is -0.385. The van der Waals surface area contributed by atoms with Crippen molar-refractivity contribution in [2.45, 2.75) is 13.5 Å². The van der Waals surface area contributed by atoms with Gasteiger partial charge in [-0.3, -0.25) is 24.6 Å². The number of imide groups is 1. The van der Waals surface area contributed by atoms with Crippen molar-refractivity contribution in [2.24, 2.45) is 0 Å². The number of hydrogen-bond acceptors (Lipinski definition) is 8. The molecule has 1 saturated heterocycles. The fourth-order valence-electron chi connectivity index (χ4n) is 2.87. The highest BCUT2D eigenvalue weighted by atomic mass is 79.9. The summed E-state index contributed by atoms with van der Waals surface area (Å²) in [5.41, 5.74) is 0.555. The Balaban J connectivity index is 1.84. The predicted octanol–water partition coefficient (Wildman–Crippen LogP) is 4.54. The van der Waals surface area contributed by atoms with Crippen LogP contribution >= 0.6 is 27.7 Å². The van der Waals surface area contributed by atoms with Crippen LogP contribution in [-0.4, -0.2) is 40.2 Å². The van der Waals surface area contributed by atoms with Gasteiger partial charge in [0.2, 0.25) is 0 Å². The van der Waals surface area contributed by atoms with Crippen LogP contribution in [0, 0.1) is 10.1 Å². The number of para-hydroxylation sites is 1. The average Bonchev–Trinajstić information content (AvgIpc) is 3.01. The normalized spacial score (nSPS) is 14.7. The van der Waals surface area contributed by atoms with Gasteiger partial charge in [0.15, 0.2) is 6.61 Å². The molecule has 0 radical (unpaired) electrons. The highest BCUT2D eigenvalue weighted by molar-refractivity contribution is 9.10. The SMILES string of the molecule is CCOC(=O)COc1ccc(Br)cc1/C=C1\SC(=O)N(Cc2ccccc2[N+](=O)[O-])C1=O. The van der Waals surface area contributed by atoms with E-state index < -0.39 is 22.0 Å². The fourth-order valence-corrected chi connectivity index (χ4v) is 4.08. The second kappa shape index (κ2) is 10.4. The van der Waals surface area contributed by atoms with E-state index in [1.54, 1.807) is 31.2 Å². The van der Waals surface area contributed by atoms with Crippen LogP contribution in [0.5, 0.6) is 5.75 Å². The maximum atomic E-state index is 12.9. The van der Waals surface area contributed by atoms with Crippen LogP contribution in [0.2, 0.25) is 0 Å². The fraction of sp³-hybridized carbons (Fsp3) is 0.190. The van der Waals surface area contributed by atoms with E-state index in [2.05, 4.69) is 15.9 Å². The lowest BCUT2D eigenvalue weighted by atomic mass is 10.1. The Labute approximate surface area is 195 Å². The topological polar surface area (TPSA) is 116 Å². The van der Waals surface area contributed by atoms with Crippen LogP contribution in [-0.2, 0) is 20.9 Å². The molecule has 0 aliphatic carbocycles. The molecule has 1 aliphatic heterocycles. The molecule has 0 saturated carbocycles. The van der Waals surface area contributed by atoms with Crippen molar-refractivity contribution in [3.63, 3.8) is 0 Å². The Hall–Kier alpha value is -3.18. The molecule has 32 heavy (non-hydrogen) atoms. The Morgan fingerprint density at radius 2 is 2.00 bits per heavy atom. The zero-order valence-electron chi connectivity index (χ0n) is 16.8. The molecule has 1 heterocycles. The number of carbonyl (C=O) groups excluding carboxylic acids is 3. The van der Waals surface area contributed by atoms with E-state index in [-0.39, 0.29) is 35.9 Å². The molecule has 1 aliphatic rings. The number of nitro groups is 1. The number of ether oxygens (including phenoxy) is 2. The molecule has 2 aromatic carbocycles. The number of hydrogen-bond donors (Lipinski definition) is 0. The zero-order valence-corrected chi connectivity index (χ0v) is 19.2. The first-order valence-corrected chi connectivity index (χ1v) is 11.0. The number of halogens is 1. The number of nitro benzene ring substituents is 1. The summed E-state index contributed by atoms with van der Waals surface area (Å²) in [7, 11) is 0. The monoisotopic (exact) mass is 520 g/mol. The maximum absolute atomic E-state index is 12.9. The molecular formula is C21H17BrN2O7S. The van der Waals surface area contributed by atoms with Crippen LogP contribution in [0.25, 0.3) is 6.08 Å². The first-order valence-electron chi connectivity index (χ1n) is 9.35. The van der Waals surface area contributed by atoms with E-state index in [0.29, 0.717) is 15.8 Å². The standard InChI is InChI=1S/C21H17BrN2O7S/c1-2-30-19(25)12-31-17-8-7-15(22)9-14(17)10-18-20(26)23(21(27)32-18)11-13-5-3-4-6-16(13)24(28)29/h3-10H,2,11-12H2,1H3/b18-10-. The molecule has 3 rings (SSSR count). The van der Waals surface area contributed by atoms with Crippen LogP contribution in [0.4, 0.5) is 10.5 Å². The number of esters is 1. The number of carbonyl (C=O) groups is 3.